The summed E-state index contributed by atoms with van der Waals surface area (Å²) in [6, 6.07) is 0. The number of carbonyl (C=O) groups is 1. The first-order valence-corrected chi connectivity index (χ1v) is 6.86. The van der Waals surface area contributed by atoms with Crippen molar-refractivity contribution in [1.82, 2.24) is 5.06 Å². The molecule has 0 aromatic heterocycles. The maximum Gasteiger partial charge on any atom is 0.339 e. The van der Waals surface area contributed by atoms with Gasteiger partial charge in [0.15, 0.2) is 6.10 Å². The maximum absolute atomic E-state index is 11.6. The monoisotopic (exact) mass is 289 g/mol. The molecule has 0 radical (unpaired) electrons. The van der Waals surface area contributed by atoms with Crippen LogP contribution in [0.5, 0.6) is 0 Å². The number of hydrogen-bond donors (Lipinski definition) is 1. The van der Waals surface area contributed by atoms with Crippen molar-refractivity contribution in [2.75, 3.05) is 20.8 Å². The van der Waals surface area contributed by atoms with Crippen molar-refractivity contribution in [3.63, 3.8) is 0 Å². The third-order valence-electron chi connectivity index (χ3n) is 3.75. The molecule has 20 heavy (non-hydrogen) atoms. The molecule has 1 N–H and O–H groups in total. The standard InChI is InChI=1S/C14H27NO5/c1-13(2)7-10(18-5)8-14(3,4)15(13)20-11(9-16)12(17)19-6/h10-11,16H,7-9H2,1-6H3. The van der Waals surface area contributed by atoms with Gasteiger partial charge in [0.05, 0.1) is 19.8 Å². The molecule has 0 saturated carbocycles. The van der Waals surface area contributed by atoms with Gasteiger partial charge in [-0.15, -0.1) is 0 Å². The van der Waals surface area contributed by atoms with Crippen molar-refractivity contribution in [1.29, 1.82) is 0 Å². The Morgan fingerprint density at radius 2 is 1.75 bits per heavy atom. The first-order valence-electron chi connectivity index (χ1n) is 6.86. The van der Waals surface area contributed by atoms with Crippen LogP contribution in [0.4, 0.5) is 0 Å². The van der Waals surface area contributed by atoms with Crippen molar-refractivity contribution in [3.05, 3.63) is 0 Å². The number of carbonyl (C=O) groups excluding carboxylic acids is 1. The third-order valence-corrected chi connectivity index (χ3v) is 3.75. The fourth-order valence-electron chi connectivity index (χ4n) is 3.03. The van der Waals surface area contributed by atoms with Crippen LogP contribution in [0.15, 0.2) is 0 Å². The van der Waals surface area contributed by atoms with Crippen LogP contribution in [-0.2, 0) is 19.1 Å². The lowest BCUT2D eigenvalue weighted by molar-refractivity contribution is -0.315. The van der Waals surface area contributed by atoms with Gasteiger partial charge in [-0.2, -0.15) is 5.06 Å². The van der Waals surface area contributed by atoms with Crippen molar-refractivity contribution >= 4 is 5.97 Å². The normalized spacial score (nSPS) is 24.4. The van der Waals surface area contributed by atoms with Gasteiger partial charge in [0.1, 0.15) is 0 Å². The second kappa shape index (κ2) is 6.39. The Morgan fingerprint density at radius 1 is 1.25 bits per heavy atom. The minimum atomic E-state index is -1.00. The van der Waals surface area contributed by atoms with Gasteiger partial charge in [-0.25, -0.2) is 4.79 Å². The van der Waals surface area contributed by atoms with E-state index in [0.717, 1.165) is 12.8 Å². The summed E-state index contributed by atoms with van der Waals surface area (Å²) in [6.45, 7) is 7.72. The van der Waals surface area contributed by atoms with E-state index in [2.05, 4.69) is 4.74 Å². The smallest absolute Gasteiger partial charge is 0.339 e. The molecule has 1 heterocycles. The van der Waals surface area contributed by atoms with Crippen LogP contribution in [0.1, 0.15) is 40.5 Å². The molecule has 1 aliphatic heterocycles. The topological polar surface area (TPSA) is 68.2 Å². The third kappa shape index (κ3) is 3.69. The number of aliphatic hydroxyl groups excluding tert-OH is 1. The van der Waals surface area contributed by atoms with E-state index in [4.69, 9.17) is 9.57 Å². The summed E-state index contributed by atoms with van der Waals surface area (Å²) in [5.41, 5.74) is -0.631. The summed E-state index contributed by atoms with van der Waals surface area (Å²) >= 11 is 0. The summed E-state index contributed by atoms with van der Waals surface area (Å²) in [5.74, 6) is -0.576. The van der Waals surface area contributed by atoms with Crippen LogP contribution in [0.25, 0.3) is 0 Å². The molecule has 1 saturated heterocycles. The SMILES string of the molecule is COC(=O)C(CO)ON1C(C)(C)CC(OC)CC1(C)C. The predicted octanol–water partition coefficient (Wildman–Crippen LogP) is 1.12. The Labute approximate surface area is 120 Å². The second-order valence-electron chi connectivity index (χ2n) is 6.48. The molecule has 0 amide bonds. The highest BCUT2D eigenvalue weighted by Crippen LogP contribution is 2.40. The highest BCUT2D eigenvalue weighted by Gasteiger charge is 2.48. The van der Waals surface area contributed by atoms with Crippen LogP contribution < -0.4 is 0 Å². The van der Waals surface area contributed by atoms with Gasteiger partial charge < -0.3 is 14.6 Å². The fourth-order valence-corrected chi connectivity index (χ4v) is 3.03. The van der Waals surface area contributed by atoms with E-state index in [1.807, 2.05) is 27.7 Å². The maximum atomic E-state index is 11.6. The second-order valence-corrected chi connectivity index (χ2v) is 6.48. The average Bonchev–Trinajstić information content (AvgIpc) is 2.35. The minimum Gasteiger partial charge on any atom is -0.467 e. The van der Waals surface area contributed by atoms with Gasteiger partial charge in [0, 0.05) is 18.2 Å². The van der Waals surface area contributed by atoms with E-state index in [-0.39, 0.29) is 17.2 Å². The zero-order valence-electron chi connectivity index (χ0n) is 13.3. The molecular weight excluding hydrogens is 262 g/mol. The van der Waals surface area contributed by atoms with E-state index >= 15 is 0 Å². The molecule has 0 bridgehead atoms. The van der Waals surface area contributed by atoms with Gasteiger partial charge in [-0.05, 0) is 40.5 Å². The van der Waals surface area contributed by atoms with E-state index in [9.17, 15) is 9.90 Å². The molecule has 0 spiro atoms. The molecule has 1 atom stereocenters. The van der Waals surface area contributed by atoms with E-state index in [1.165, 1.54) is 7.11 Å². The molecule has 0 aliphatic carbocycles. The highest BCUT2D eigenvalue weighted by atomic mass is 16.7. The molecule has 0 aromatic carbocycles. The van der Waals surface area contributed by atoms with Gasteiger partial charge in [-0.1, -0.05) is 0 Å². The summed E-state index contributed by atoms with van der Waals surface area (Å²) < 4.78 is 10.1. The van der Waals surface area contributed by atoms with Crippen LogP contribution in [0.2, 0.25) is 0 Å². The molecule has 6 nitrogen and oxygen atoms in total. The van der Waals surface area contributed by atoms with Gasteiger partial charge >= 0.3 is 5.97 Å². The molecule has 1 aliphatic rings. The van der Waals surface area contributed by atoms with E-state index in [1.54, 1.807) is 12.2 Å². The molecule has 118 valence electrons. The van der Waals surface area contributed by atoms with Crippen LogP contribution >= 0.6 is 0 Å². The highest BCUT2D eigenvalue weighted by molar-refractivity contribution is 5.74. The quantitative estimate of drug-likeness (QED) is 0.765. The molecular formula is C14H27NO5. The van der Waals surface area contributed by atoms with Crippen LogP contribution in [0, 0.1) is 0 Å². The Balaban J connectivity index is 2.93. The Bertz CT molecular complexity index is 324. The Morgan fingerprint density at radius 3 is 2.10 bits per heavy atom. The lowest BCUT2D eigenvalue weighted by Crippen LogP contribution is -2.63. The fraction of sp³-hybridized carbons (Fsp3) is 0.929. The number of piperidine rings is 1. The average molecular weight is 289 g/mol. The van der Waals surface area contributed by atoms with Gasteiger partial charge in [-0.3, -0.25) is 4.84 Å². The van der Waals surface area contributed by atoms with Crippen molar-refractivity contribution in [2.24, 2.45) is 0 Å². The van der Waals surface area contributed by atoms with E-state index < -0.39 is 18.7 Å². The van der Waals surface area contributed by atoms with Crippen molar-refractivity contribution in [3.8, 4) is 0 Å². The summed E-state index contributed by atoms with van der Waals surface area (Å²) in [6.07, 6.45) is 0.710. The summed E-state index contributed by atoms with van der Waals surface area (Å²) in [4.78, 5) is 17.4. The molecule has 0 aromatic rings. The minimum absolute atomic E-state index is 0.144. The summed E-state index contributed by atoms with van der Waals surface area (Å²) in [5, 5.41) is 11.1. The van der Waals surface area contributed by atoms with Crippen LogP contribution in [-0.4, -0.2) is 60.3 Å². The number of methoxy groups -OCH3 is 2. The molecule has 6 heteroatoms. The Hall–Kier alpha value is -0.690. The first kappa shape index (κ1) is 17.4. The van der Waals surface area contributed by atoms with Gasteiger partial charge in [0.25, 0.3) is 0 Å². The molecule has 1 fully saturated rings. The lowest BCUT2D eigenvalue weighted by Gasteiger charge is -2.53. The van der Waals surface area contributed by atoms with Crippen molar-refractivity contribution in [2.45, 2.75) is 63.8 Å². The van der Waals surface area contributed by atoms with E-state index in [0.29, 0.717) is 0 Å². The summed E-state index contributed by atoms with van der Waals surface area (Å²) in [7, 11) is 2.99. The Kier molecular flexibility index (Phi) is 5.54. The predicted molar refractivity (Wildman–Crippen MR) is 74.0 cm³/mol. The number of esters is 1. The van der Waals surface area contributed by atoms with Crippen LogP contribution in [0.3, 0.4) is 0 Å². The molecule has 1 rings (SSSR count). The van der Waals surface area contributed by atoms with Crippen molar-refractivity contribution < 1.29 is 24.2 Å². The number of ether oxygens (including phenoxy) is 2. The number of hydroxylamine groups is 2. The number of rotatable bonds is 5. The number of hydrogen-bond acceptors (Lipinski definition) is 6. The largest absolute Gasteiger partial charge is 0.467 e. The number of aliphatic hydroxyl groups is 1. The molecule has 1 unspecified atom stereocenters. The van der Waals surface area contributed by atoms with Gasteiger partial charge in [0.2, 0.25) is 0 Å². The lowest BCUT2D eigenvalue weighted by atomic mass is 9.80. The first-order chi connectivity index (χ1) is 9.17. The zero-order valence-corrected chi connectivity index (χ0v) is 13.3. The zero-order chi connectivity index (χ0) is 15.6. The number of nitrogens with zero attached hydrogens (tertiary/aromatic N) is 1.